The fourth-order valence-corrected chi connectivity index (χ4v) is 10.1. The Morgan fingerprint density at radius 1 is 0.420 bits per heavy atom. The second-order valence-corrected chi connectivity index (χ2v) is 22.8. The number of ether oxygens (including phenoxy) is 6. The van der Waals surface area contributed by atoms with E-state index in [4.69, 9.17) is 28.4 Å². The van der Waals surface area contributed by atoms with Gasteiger partial charge in [0.1, 0.15) is 73.2 Å². The van der Waals surface area contributed by atoms with Gasteiger partial charge in [-0.1, -0.05) is 187 Å². The van der Waals surface area contributed by atoms with Crippen LogP contribution in [0.1, 0.15) is 174 Å². The molecule has 88 heavy (non-hydrogen) atoms. The number of aliphatic hydroxyl groups is 11. The van der Waals surface area contributed by atoms with Crippen molar-refractivity contribution in [2.75, 3.05) is 26.4 Å². The number of amides is 1. The van der Waals surface area contributed by atoms with Gasteiger partial charge in [0, 0.05) is 6.42 Å². The zero-order chi connectivity index (χ0) is 64.0. The van der Waals surface area contributed by atoms with Gasteiger partial charge in [-0.05, 0) is 103 Å². The van der Waals surface area contributed by atoms with Crippen molar-refractivity contribution in [2.24, 2.45) is 0 Å². The highest BCUT2D eigenvalue weighted by Crippen LogP contribution is 2.33. The molecule has 19 heteroatoms. The molecule has 3 saturated heterocycles. The summed E-state index contributed by atoms with van der Waals surface area (Å²) in [5.74, 6) is -0.315. The van der Waals surface area contributed by atoms with Crippen molar-refractivity contribution in [1.29, 1.82) is 0 Å². The maximum absolute atomic E-state index is 13.4. The maximum atomic E-state index is 13.4. The van der Waals surface area contributed by atoms with Gasteiger partial charge in [-0.25, -0.2) is 0 Å². The minimum absolute atomic E-state index is 0.201. The molecule has 0 spiro atoms. The van der Waals surface area contributed by atoms with Crippen molar-refractivity contribution < 1.29 is 89.4 Å². The van der Waals surface area contributed by atoms with E-state index in [2.05, 4.69) is 129 Å². The second-order valence-electron chi connectivity index (χ2n) is 22.8. The van der Waals surface area contributed by atoms with E-state index in [1.165, 1.54) is 38.5 Å². The van der Waals surface area contributed by atoms with E-state index in [0.29, 0.717) is 12.8 Å². The molecular weight excluding hydrogens is 1130 g/mol. The molecule has 0 bridgehead atoms. The molecule has 3 heterocycles. The Labute approximate surface area is 525 Å². The fraction of sp³-hybridized carbons (Fsp3) is 0.696. The number of hydrogen-bond donors (Lipinski definition) is 12. The molecule has 19 nitrogen and oxygen atoms in total. The van der Waals surface area contributed by atoms with E-state index in [1.54, 1.807) is 6.08 Å². The molecule has 17 atom stereocenters. The van der Waals surface area contributed by atoms with E-state index in [0.717, 1.165) is 103 Å². The number of carbonyl (C=O) groups excluding carboxylic acids is 1. The van der Waals surface area contributed by atoms with Crippen LogP contribution in [0.5, 0.6) is 0 Å². The summed E-state index contributed by atoms with van der Waals surface area (Å²) in [5, 5.41) is 120. The van der Waals surface area contributed by atoms with Crippen molar-refractivity contribution in [3.63, 3.8) is 0 Å². The van der Waals surface area contributed by atoms with Gasteiger partial charge in [0.2, 0.25) is 5.91 Å². The molecular formula is C69H113NO18. The molecule has 3 aliphatic heterocycles. The van der Waals surface area contributed by atoms with E-state index < -0.39 is 124 Å². The summed E-state index contributed by atoms with van der Waals surface area (Å²) in [6.45, 7) is 1.53. The summed E-state index contributed by atoms with van der Waals surface area (Å²) in [6, 6.07) is -1.02. The van der Waals surface area contributed by atoms with Crippen molar-refractivity contribution in [3.8, 4) is 0 Å². The van der Waals surface area contributed by atoms with Crippen LogP contribution in [0.25, 0.3) is 0 Å². The van der Waals surface area contributed by atoms with Crippen molar-refractivity contribution in [1.82, 2.24) is 5.32 Å². The summed E-state index contributed by atoms with van der Waals surface area (Å²) in [7, 11) is 0. The van der Waals surface area contributed by atoms with Crippen LogP contribution in [-0.4, -0.2) is 193 Å². The monoisotopic (exact) mass is 1240 g/mol. The van der Waals surface area contributed by atoms with Crippen molar-refractivity contribution in [3.05, 3.63) is 122 Å². The third kappa shape index (κ3) is 32.0. The van der Waals surface area contributed by atoms with Crippen LogP contribution < -0.4 is 5.32 Å². The predicted molar refractivity (Wildman–Crippen MR) is 341 cm³/mol. The first-order chi connectivity index (χ1) is 42.8. The van der Waals surface area contributed by atoms with Crippen LogP contribution in [-0.2, 0) is 33.2 Å². The number of unbranched alkanes of at least 4 members (excludes halogenated alkanes) is 13. The number of rotatable bonds is 47. The third-order valence-electron chi connectivity index (χ3n) is 15.5. The largest absolute Gasteiger partial charge is 0.394 e. The molecule has 3 fully saturated rings. The molecule has 0 aromatic heterocycles. The van der Waals surface area contributed by atoms with Gasteiger partial charge in [-0.2, -0.15) is 0 Å². The molecule has 0 radical (unpaired) electrons. The molecule has 0 aromatic rings. The molecule has 12 N–H and O–H groups in total. The zero-order valence-electron chi connectivity index (χ0n) is 52.6. The quantitative estimate of drug-likeness (QED) is 0.0206. The van der Waals surface area contributed by atoms with Gasteiger partial charge < -0.3 is 89.9 Å². The molecule has 502 valence electrons. The van der Waals surface area contributed by atoms with Crippen LogP contribution in [0.15, 0.2) is 122 Å². The lowest BCUT2D eigenvalue weighted by Crippen LogP contribution is -2.66. The summed E-state index contributed by atoms with van der Waals surface area (Å²) >= 11 is 0. The predicted octanol–water partition coefficient (Wildman–Crippen LogP) is 7.65. The highest BCUT2D eigenvalue weighted by Gasteiger charge is 2.53. The first kappa shape index (κ1) is 78.4. The summed E-state index contributed by atoms with van der Waals surface area (Å²) in [5.41, 5.74) is 0. The first-order valence-corrected chi connectivity index (χ1v) is 32.8. The molecule has 3 rings (SSSR count). The summed E-state index contributed by atoms with van der Waals surface area (Å²) in [6.07, 6.45) is 40.2. The lowest BCUT2D eigenvalue weighted by molar-refractivity contribution is -0.379. The van der Waals surface area contributed by atoms with Gasteiger partial charge in [-0.3, -0.25) is 4.79 Å². The number of carbonyl (C=O) groups is 1. The van der Waals surface area contributed by atoms with E-state index in [9.17, 15) is 61.0 Å². The van der Waals surface area contributed by atoms with Gasteiger partial charge >= 0.3 is 0 Å². The third-order valence-corrected chi connectivity index (χ3v) is 15.5. The number of hydrogen-bond acceptors (Lipinski definition) is 18. The molecule has 0 aliphatic carbocycles. The normalized spacial score (nSPS) is 29.2. The van der Waals surface area contributed by atoms with Crippen molar-refractivity contribution in [2.45, 2.75) is 279 Å². The smallest absolute Gasteiger partial charge is 0.220 e. The Bertz CT molecular complexity index is 2070. The molecule has 1 amide bonds. The fourth-order valence-electron chi connectivity index (χ4n) is 10.1. The zero-order valence-corrected chi connectivity index (χ0v) is 52.6. The molecule has 0 saturated carbocycles. The van der Waals surface area contributed by atoms with Gasteiger partial charge in [0.25, 0.3) is 0 Å². The van der Waals surface area contributed by atoms with Crippen LogP contribution in [0.4, 0.5) is 0 Å². The van der Waals surface area contributed by atoms with Gasteiger partial charge in [-0.15, -0.1) is 0 Å². The SMILES string of the molecule is CC/C=C\C/C=C\C/C=C\C/C=C\C/C=C\C/C=C\C/C=C\CCCCCCCC(=O)NC(COC1OC(CO)C(OC2OC(CO)C(OC3OC(CO)C(O)C(O)C3O)C(O)C2O)C(O)C1O)C(O)/C=C/CC/C=C/CC/C=C/CCCCCCCC. The lowest BCUT2D eigenvalue weighted by atomic mass is 9.96. The Hall–Kier alpha value is -3.81. The van der Waals surface area contributed by atoms with Gasteiger partial charge in [0.15, 0.2) is 18.9 Å². The Morgan fingerprint density at radius 2 is 0.795 bits per heavy atom. The van der Waals surface area contributed by atoms with E-state index >= 15 is 0 Å². The first-order valence-electron chi connectivity index (χ1n) is 32.8. The average Bonchev–Trinajstić information content (AvgIpc) is 3.39. The topological polar surface area (TPSA) is 307 Å². The van der Waals surface area contributed by atoms with Crippen LogP contribution in [0.3, 0.4) is 0 Å². The maximum Gasteiger partial charge on any atom is 0.220 e. The standard InChI is InChI=1S/C69H113NO18/c1-3-5-7-9-11-13-15-17-19-21-22-23-24-25-26-27-28-29-30-31-33-35-37-39-41-43-45-47-57(75)70-52(53(74)46-44-42-40-38-36-34-32-20-18-16-14-12-10-8-6-4-2)51-83-67-63(81)60(78)65(55(49-72)85-67)88-69-64(82)61(79)66(56(50-73)86-69)87-68-62(80)59(77)58(76)54(48-71)84-68/h5,7,11,13,17-20,22-23,25-26,28-29,31,33,36,38,44,46,52-56,58-69,71-74,76-82H,3-4,6,8-10,12,14-16,21,24,27,30,32,34-35,37,39-43,45,47-51H2,1-2H3,(H,70,75)/b7-5-,13-11-,19-17-,20-18+,23-22-,26-25-,29-28-,33-31-,38-36+,46-44+. The average molecular weight is 1240 g/mol. The molecule has 17 unspecified atom stereocenters. The van der Waals surface area contributed by atoms with Crippen molar-refractivity contribution >= 4 is 5.91 Å². The summed E-state index contributed by atoms with van der Waals surface area (Å²) in [4.78, 5) is 13.4. The number of allylic oxidation sites excluding steroid dienone is 19. The minimum Gasteiger partial charge on any atom is -0.394 e. The van der Waals surface area contributed by atoms with E-state index in [-0.39, 0.29) is 18.9 Å². The highest BCUT2D eigenvalue weighted by atomic mass is 16.8. The minimum atomic E-state index is -1.99. The lowest BCUT2D eigenvalue weighted by Gasteiger charge is -2.48. The van der Waals surface area contributed by atoms with Crippen LogP contribution in [0.2, 0.25) is 0 Å². The Balaban J connectivity index is 1.47. The Morgan fingerprint density at radius 3 is 1.27 bits per heavy atom. The molecule has 3 aliphatic rings. The number of aliphatic hydroxyl groups excluding tert-OH is 11. The molecule has 0 aromatic carbocycles. The summed E-state index contributed by atoms with van der Waals surface area (Å²) < 4.78 is 34.2. The number of nitrogens with one attached hydrogen (secondary N) is 1. The second kappa shape index (κ2) is 49.8. The van der Waals surface area contributed by atoms with Gasteiger partial charge in [0.05, 0.1) is 38.6 Å². The van der Waals surface area contributed by atoms with Crippen LogP contribution >= 0.6 is 0 Å². The highest BCUT2D eigenvalue weighted by molar-refractivity contribution is 5.76. The van der Waals surface area contributed by atoms with Crippen LogP contribution in [0, 0.1) is 0 Å². The Kier molecular flexibility index (Phi) is 44.4. The van der Waals surface area contributed by atoms with E-state index in [1.807, 2.05) is 6.08 Å².